The van der Waals surface area contributed by atoms with Gasteiger partial charge in [0.15, 0.2) is 12.4 Å². The zero-order chi connectivity index (χ0) is 27.3. The molecular weight excluding hydrogens is 476 g/mol. The average Bonchev–Trinajstić information content (AvgIpc) is 2.89. The molecular formula is C24H40N2O10. The van der Waals surface area contributed by atoms with E-state index in [2.05, 4.69) is 10.1 Å². The number of nitrogens with two attached hydrogens (primary N) is 1. The third-order valence-corrected chi connectivity index (χ3v) is 4.50. The number of aliphatic hydroxyl groups is 1. The number of aliphatic hydroxyl groups excluding tert-OH is 1. The first-order valence-electron chi connectivity index (χ1n) is 11.7. The Morgan fingerprint density at radius 2 is 1.92 bits per heavy atom. The fraction of sp³-hybridized carbons (Fsp3) is 0.625. The van der Waals surface area contributed by atoms with Gasteiger partial charge in [0.25, 0.3) is 0 Å². The molecule has 4 N–H and O–H groups in total. The molecule has 2 rings (SSSR count). The third kappa shape index (κ3) is 13.4. The van der Waals surface area contributed by atoms with Gasteiger partial charge in [0.2, 0.25) is 6.41 Å². The molecule has 1 amide bonds. The van der Waals surface area contributed by atoms with E-state index < -0.39 is 18.4 Å². The van der Waals surface area contributed by atoms with Crippen molar-refractivity contribution >= 4 is 24.0 Å². The maximum absolute atomic E-state index is 11.3. The van der Waals surface area contributed by atoms with Crippen LogP contribution in [-0.2, 0) is 44.7 Å². The maximum Gasteiger partial charge on any atom is 0.335 e. The number of amides is 1. The second-order valence-electron chi connectivity index (χ2n) is 7.02. The lowest BCUT2D eigenvalue weighted by molar-refractivity contribution is -0.219. The smallest absolute Gasteiger partial charge is 0.335 e. The molecule has 1 aromatic carbocycles. The molecule has 206 valence electrons. The van der Waals surface area contributed by atoms with Crippen LogP contribution in [0.15, 0.2) is 18.2 Å². The Hall–Kier alpha value is -2.77. The lowest BCUT2D eigenvalue weighted by Gasteiger charge is -2.32. The van der Waals surface area contributed by atoms with E-state index in [9.17, 15) is 14.4 Å². The van der Waals surface area contributed by atoms with Crippen LogP contribution in [0, 0.1) is 0 Å². The number of carbonyl (C=O) groups excluding carboxylic acids is 3. The summed E-state index contributed by atoms with van der Waals surface area (Å²) < 4.78 is 30.6. The van der Waals surface area contributed by atoms with Crippen molar-refractivity contribution in [3.63, 3.8) is 0 Å². The highest BCUT2D eigenvalue weighted by Gasteiger charge is 2.35. The molecule has 12 heteroatoms. The number of hydrogen-bond acceptors (Lipinski definition) is 11. The van der Waals surface area contributed by atoms with Gasteiger partial charge in [-0.1, -0.05) is 19.9 Å². The van der Waals surface area contributed by atoms with Crippen molar-refractivity contribution in [1.29, 1.82) is 0 Å². The number of methoxy groups -OCH3 is 2. The van der Waals surface area contributed by atoms with Crippen LogP contribution in [0.25, 0.3) is 0 Å². The SMILES string of the molecule is CC.COC(=O)C1C[C@H](OC(C)=O)CC(OC)O1.NCCOCCOc1cc(CO)ccc1NC=O. The van der Waals surface area contributed by atoms with Crippen LogP contribution in [0.2, 0.25) is 0 Å². The van der Waals surface area contributed by atoms with E-state index >= 15 is 0 Å². The van der Waals surface area contributed by atoms with E-state index in [1.165, 1.54) is 21.1 Å². The van der Waals surface area contributed by atoms with Gasteiger partial charge in [-0.05, 0) is 17.7 Å². The number of anilines is 1. The quantitative estimate of drug-likeness (QED) is 0.209. The number of nitrogens with one attached hydrogen (secondary N) is 1. The molecule has 1 aromatic rings. The number of ether oxygens (including phenoxy) is 6. The van der Waals surface area contributed by atoms with E-state index in [-0.39, 0.29) is 18.7 Å². The Morgan fingerprint density at radius 1 is 1.19 bits per heavy atom. The van der Waals surface area contributed by atoms with Crippen LogP contribution in [0.5, 0.6) is 5.75 Å². The summed E-state index contributed by atoms with van der Waals surface area (Å²) in [4.78, 5) is 32.6. The zero-order valence-corrected chi connectivity index (χ0v) is 21.7. The minimum Gasteiger partial charge on any atom is -0.489 e. The van der Waals surface area contributed by atoms with Gasteiger partial charge in [-0.15, -0.1) is 0 Å². The summed E-state index contributed by atoms with van der Waals surface area (Å²) >= 11 is 0. The first-order valence-corrected chi connectivity index (χ1v) is 11.7. The van der Waals surface area contributed by atoms with Crippen LogP contribution in [0.4, 0.5) is 5.69 Å². The molecule has 0 bridgehead atoms. The second kappa shape index (κ2) is 20.4. The highest BCUT2D eigenvalue weighted by atomic mass is 16.7. The average molecular weight is 517 g/mol. The number of benzene rings is 1. The van der Waals surface area contributed by atoms with Crippen molar-refractivity contribution in [1.82, 2.24) is 0 Å². The van der Waals surface area contributed by atoms with Gasteiger partial charge in [-0.25, -0.2) is 4.79 Å². The summed E-state index contributed by atoms with van der Waals surface area (Å²) in [6, 6.07) is 5.06. The molecule has 1 aliphatic heterocycles. The number of rotatable bonds is 12. The molecule has 0 aromatic heterocycles. The van der Waals surface area contributed by atoms with E-state index in [0.29, 0.717) is 62.6 Å². The Bertz CT molecular complexity index is 762. The predicted octanol–water partition coefficient (Wildman–Crippen LogP) is 1.37. The highest BCUT2D eigenvalue weighted by molar-refractivity contribution is 5.75. The molecule has 1 heterocycles. The molecule has 36 heavy (non-hydrogen) atoms. The molecule has 3 atom stereocenters. The largest absolute Gasteiger partial charge is 0.489 e. The maximum atomic E-state index is 11.3. The number of hydrogen-bond donors (Lipinski definition) is 3. The summed E-state index contributed by atoms with van der Waals surface area (Å²) in [5, 5.41) is 11.6. The van der Waals surface area contributed by atoms with Crippen molar-refractivity contribution in [2.75, 3.05) is 45.9 Å². The first-order chi connectivity index (χ1) is 17.4. The van der Waals surface area contributed by atoms with Gasteiger partial charge in [-0.3, -0.25) is 9.59 Å². The van der Waals surface area contributed by atoms with Crippen LogP contribution >= 0.6 is 0 Å². The van der Waals surface area contributed by atoms with Gasteiger partial charge >= 0.3 is 11.9 Å². The molecule has 1 saturated heterocycles. The van der Waals surface area contributed by atoms with Crippen LogP contribution in [0.3, 0.4) is 0 Å². The molecule has 0 aliphatic carbocycles. The lowest BCUT2D eigenvalue weighted by atomic mass is 10.0. The van der Waals surface area contributed by atoms with Gasteiger partial charge in [-0.2, -0.15) is 0 Å². The molecule has 2 unspecified atom stereocenters. The molecule has 0 spiro atoms. The summed E-state index contributed by atoms with van der Waals surface area (Å²) in [5.41, 5.74) is 6.55. The molecule has 0 saturated carbocycles. The Balaban J connectivity index is 0.000000640. The summed E-state index contributed by atoms with van der Waals surface area (Å²) in [7, 11) is 2.75. The topological polar surface area (TPSA) is 165 Å². The van der Waals surface area contributed by atoms with Crippen LogP contribution < -0.4 is 15.8 Å². The second-order valence-corrected chi connectivity index (χ2v) is 7.02. The zero-order valence-electron chi connectivity index (χ0n) is 21.7. The fourth-order valence-electron chi connectivity index (χ4n) is 2.97. The van der Waals surface area contributed by atoms with Crippen LogP contribution in [-0.4, -0.2) is 82.5 Å². The van der Waals surface area contributed by atoms with Gasteiger partial charge in [0.05, 0.1) is 32.6 Å². The van der Waals surface area contributed by atoms with Crippen molar-refractivity contribution in [3.8, 4) is 5.75 Å². The summed E-state index contributed by atoms with van der Waals surface area (Å²) in [5.74, 6) is -0.366. The minimum atomic E-state index is -0.743. The fourth-order valence-corrected chi connectivity index (χ4v) is 2.97. The predicted molar refractivity (Wildman–Crippen MR) is 131 cm³/mol. The standard InChI is InChI=1S/C12H18N2O4.C10H16O6.C2H6/c13-3-4-17-5-6-18-12-7-10(8-15)1-2-11(12)14-9-16;1-6(11)15-7-4-8(10(12)14-3)16-9(5-7)13-2;1-2/h1-2,7,9,15H,3-6,8,13H2,(H,14,16);7-9H,4-5H2,1-3H3;1-2H3/t;7-,8?,9?;/m.0./s1. The van der Waals surface area contributed by atoms with E-state index in [1.54, 1.807) is 18.2 Å². The van der Waals surface area contributed by atoms with Gasteiger partial charge < -0.3 is 44.6 Å². The van der Waals surface area contributed by atoms with Crippen molar-refractivity contribution < 1.29 is 47.9 Å². The Morgan fingerprint density at radius 3 is 2.47 bits per heavy atom. The van der Waals surface area contributed by atoms with Gasteiger partial charge in [0.1, 0.15) is 18.5 Å². The number of carbonyl (C=O) groups is 3. The van der Waals surface area contributed by atoms with E-state index in [1.807, 2.05) is 13.8 Å². The first kappa shape index (κ1) is 33.2. The molecule has 1 aliphatic rings. The lowest BCUT2D eigenvalue weighted by Crippen LogP contribution is -2.42. The number of esters is 2. The van der Waals surface area contributed by atoms with Gasteiger partial charge in [0, 0.05) is 33.4 Å². The summed E-state index contributed by atoms with van der Waals surface area (Å²) in [6.07, 6.45) is -0.378. The van der Waals surface area contributed by atoms with E-state index in [4.69, 9.17) is 34.5 Å². The van der Waals surface area contributed by atoms with Crippen LogP contribution in [0.1, 0.15) is 39.2 Å². The Kier molecular flexibility index (Phi) is 18.9. The Labute approximate surface area is 212 Å². The van der Waals surface area contributed by atoms with Crippen molar-refractivity contribution in [3.05, 3.63) is 23.8 Å². The normalized spacial score (nSPS) is 18.4. The third-order valence-electron chi connectivity index (χ3n) is 4.50. The molecule has 1 fully saturated rings. The van der Waals surface area contributed by atoms with Crippen molar-refractivity contribution in [2.24, 2.45) is 5.73 Å². The molecule has 12 nitrogen and oxygen atoms in total. The minimum absolute atomic E-state index is 0.0819. The van der Waals surface area contributed by atoms with Crippen molar-refractivity contribution in [2.45, 2.75) is 58.7 Å². The van der Waals surface area contributed by atoms with E-state index in [0.717, 1.165) is 0 Å². The summed E-state index contributed by atoms with van der Waals surface area (Å²) in [6.45, 7) is 6.97. The highest BCUT2D eigenvalue weighted by Crippen LogP contribution is 2.25. The molecule has 0 radical (unpaired) electrons. The monoisotopic (exact) mass is 516 g/mol.